The number of hydrogen-bond acceptors (Lipinski definition) is 12. The molecule has 0 atom stereocenters. The van der Waals surface area contributed by atoms with E-state index in [1.54, 1.807) is 36.4 Å². The smallest absolute Gasteiger partial charge is 0.313 e. The van der Waals surface area contributed by atoms with E-state index in [0.717, 1.165) is 23.6 Å². The summed E-state index contributed by atoms with van der Waals surface area (Å²) in [5.41, 5.74) is 0.266. The quantitative estimate of drug-likeness (QED) is 0.0591. The van der Waals surface area contributed by atoms with Gasteiger partial charge in [-0.1, -0.05) is 102 Å². The normalized spacial score (nSPS) is 11.8. The number of hydrogen-bond donors (Lipinski definition) is 4. The number of phenolic OH excluding ortho intramolecular Hbond substituents is 4. The summed E-state index contributed by atoms with van der Waals surface area (Å²) in [7, 11) is 0. The number of azo groups is 2. The molecule has 6 aromatic carbocycles. The van der Waals surface area contributed by atoms with Crippen molar-refractivity contribution < 1.29 is 47.1 Å². The first kappa shape index (κ1) is 43.3. The van der Waals surface area contributed by atoms with E-state index in [4.69, 9.17) is 0 Å². The van der Waals surface area contributed by atoms with Gasteiger partial charge in [-0.3, -0.25) is 20.2 Å². The summed E-state index contributed by atoms with van der Waals surface area (Å²) in [6.07, 6.45) is 1.49. The molecule has 1 radical (unpaired) electrons. The third-order valence-corrected chi connectivity index (χ3v) is 10.1. The molecule has 0 aliphatic rings. The Hall–Kier alpha value is -6.45. The minimum atomic E-state index is -0.640. The van der Waals surface area contributed by atoms with Gasteiger partial charge in [0.1, 0.15) is 34.2 Å². The fourth-order valence-corrected chi connectivity index (χ4v) is 5.73. The van der Waals surface area contributed by atoms with E-state index in [1.807, 2.05) is 77.9 Å². The number of nitro groups is 2. The Balaban J connectivity index is 0.000000248. The SMILES string of the molecule is CCC(C)(C)c1cc(N=Nc2c(O)ccc3ccccc23)c(O)c([N+](=O)[O-])c1.CCC(C)(C)c1cc(N=Nc2c(O)ccc3ccccc23)c(O)c([N+](=O)[O-])c1.[Co]. The van der Waals surface area contributed by atoms with Crippen molar-refractivity contribution >= 4 is 55.7 Å². The molecule has 0 saturated carbocycles. The van der Waals surface area contributed by atoms with Gasteiger partial charge in [0.15, 0.2) is 0 Å². The van der Waals surface area contributed by atoms with Crippen LogP contribution in [0.5, 0.6) is 23.0 Å². The summed E-state index contributed by atoms with van der Waals surface area (Å²) in [6.45, 7) is 11.8. The monoisotopic (exact) mass is 817 g/mol. The molecule has 0 amide bonds. The van der Waals surface area contributed by atoms with Crippen LogP contribution in [0.4, 0.5) is 34.1 Å². The predicted molar refractivity (Wildman–Crippen MR) is 216 cm³/mol. The van der Waals surface area contributed by atoms with Gasteiger partial charge in [-0.05, 0) is 69.8 Å². The molecule has 57 heavy (non-hydrogen) atoms. The van der Waals surface area contributed by atoms with E-state index < -0.39 is 32.7 Å². The van der Waals surface area contributed by atoms with Crippen molar-refractivity contribution in [1.82, 2.24) is 0 Å². The maximum Gasteiger partial charge on any atom is 0.313 e. The predicted octanol–water partition coefficient (Wildman–Crippen LogP) is 12.5. The van der Waals surface area contributed by atoms with E-state index >= 15 is 0 Å². The third kappa shape index (κ3) is 9.33. The molecule has 4 N–H and O–H groups in total. The third-order valence-electron chi connectivity index (χ3n) is 10.1. The molecule has 0 heterocycles. The zero-order chi connectivity index (χ0) is 40.9. The molecule has 6 aromatic rings. The number of fused-ring (bicyclic) bond motifs is 2. The van der Waals surface area contributed by atoms with Gasteiger partial charge in [0.25, 0.3) is 0 Å². The van der Waals surface area contributed by atoms with E-state index in [-0.39, 0.29) is 61.9 Å². The second kappa shape index (κ2) is 17.6. The summed E-state index contributed by atoms with van der Waals surface area (Å²) in [5.74, 6) is -1.24. The molecule has 14 nitrogen and oxygen atoms in total. The van der Waals surface area contributed by atoms with Crippen molar-refractivity contribution in [1.29, 1.82) is 0 Å². The molecule has 0 saturated heterocycles. The second-order valence-corrected chi connectivity index (χ2v) is 14.4. The van der Waals surface area contributed by atoms with Crippen LogP contribution >= 0.6 is 0 Å². The molecule has 0 bridgehead atoms. The van der Waals surface area contributed by atoms with Crippen molar-refractivity contribution in [3.63, 3.8) is 0 Å². The van der Waals surface area contributed by atoms with Gasteiger partial charge in [0.2, 0.25) is 11.5 Å². The maximum atomic E-state index is 11.4. The van der Waals surface area contributed by atoms with Crippen LogP contribution < -0.4 is 0 Å². The van der Waals surface area contributed by atoms with Gasteiger partial charge >= 0.3 is 11.4 Å². The van der Waals surface area contributed by atoms with Crippen LogP contribution in [0.1, 0.15) is 65.5 Å². The molecule has 15 heteroatoms. The van der Waals surface area contributed by atoms with Crippen molar-refractivity contribution in [3.05, 3.63) is 128 Å². The average molecular weight is 818 g/mol. The van der Waals surface area contributed by atoms with Crippen LogP contribution in [0.3, 0.4) is 0 Å². The Morgan fingerprint density at radius 3 is 1.23 bits per heavy atom. The molecule has 0 unspecified atom stereocenters. The number of rotatable bonds is 10. The number of nitro benzene ring substituents is 2. The van der Waals surface area contributed by atoms with E-state index in [2.05, 4.69) is 20.5 Å². The molecule has 0 aliphatic carbocycles. The minimum Gasteiger partial charge on any atom is -0.506 e. The summed E-state index contributed by atoms with van der Waals surface area (Å²) in [6, 6.07) is 27.2. The standard InChI is InChI=1S/2C21H21N3O4.Co/c2*1-4-21(2,3)14-11-16(20(26)17(12-14)24(27)28)22-23-19-15-8-6-5-7-13(15)9-10-18(19)25;/h2*5-12,25-26H,4H2,1-3H3;. The van der Waals surface area contributed by atoms with Gasteiger partial charge in [-0.25, -0.2) is 0 Å². The number of benzene rings is 6. The molecule has 0 aromatic heterocycles. The average Bonchev–Trinajstić information content (AvgIpc) is 3.18. The van der Waals surface area contributed by atoms with Gasteiger partial charge in [0.05, 0.1) is 9.85 Å². The number of phenols is 4. The molecule has 0 spiro atoms. The fourth-order valence-electron chi connectivity index (χ4n) is 5.73. The first-order valence-corrected chi connectivity index (χ1v) is 17.8. The first-order valence-electron chi connectivity index (χ1n) is 17.8. The summed E-state index contributed by atoms with van der Waals surface area (Å²) in [4.78, 5) is 21.5. The maximum absolute atomic E-state index is 11.4. The summed E-state index contributed by atoms with van der Waals surface area (Å²) >= 11 is 0. The molecule has 297 valence electrons. The number of nitrogens with zero attached hydrogens (tertiary/aromatic N) is 6. The van der Waals surface area contributed by atoms with Crippen molar-refractivity contribution in [2.45, 2.75) is 65.2 Å². The molecule has 6 rings (SSSR count). The Kier molecular flexibility index (Phi) is 13.3. The second-order valence-electron chi connectivity index (χ2n) is 14.4. The minimum absolute atomic E-state index is 0. The Morgan fingerprint density at radius 1 is 0.544 bits per heavy atom. The van der Waals surface area contributed by atoms with Gasteiger partial charge < -0.3 is 20.4 Å². The molecular formula is C42H42CoN6O8. The fraction of sp³-hybridized carbons (Fsp3) is 0.238. The van der Waals surface area contributed by atoms with Gasteiger partial charge in [-0.15, -0.1) is 20.5 Å². The van der Waals surface area contributed by atoms with Crippen molar-refractivity contribution in [3.8, 4) is 23.0 Å². The van der Waals surface area contributed by atoms with E-state index in [1.165, 1.54) is 24.3 Å². The van der Waals surface area contributed by atoms with Crippen molar-refractivity contribution in [2.24, 2.45) is 20.5 Å². The van der Waals surface area contributed by atoms with Crippen LogP contribution in [0.15, 0.2) is 118 Å². The zero-order valence-corrected chi connectivity index (χ0v) is 33.1. The van der Waals surface area contributed by atoms with E-state index in [0.29, 0.717) is 21.9 Å². The topological polar surface area (TPSA) is 217 Å². The van der Waals surface area contributed by atoms with Crippen LogP contribution in [-0.4, -0.2) is 30.3 Å². The largest absolute Gasteiger partial charge is 0.506 e. The van der Waals surface area contributed by atoms with Crippen LogP contribution in [0.2, 0.25) is 0 Å². The Morgan fingerprint density at radius 2 is 0.895 bits per heavy atom. The molecule has 0 aliphatic heterocycles. The zero-order valence-electron chi connectivity index (χ0n) is 32.1. The Bertz CT molecular complexity index is 2360. The van der Waals surface area contributed by atoms with Crippen LogP contribution in [-0.2, 0) is 27.6 Å². The first-order chi connectivity index (χ1) is 26.5. The molecular weight excluding hydrogens is 775 g/mol. The van der Waals surface area contributed by atoms with Gasteiger partial charge in [-0.2, -0.15) is 0 Å². The summed E-state index contributed by atoms with van der Waals surface area (Å²) < 4.78 is 0. The van der Waals surface area contributed by atoms with Crippen LogP contribution in [0, 0.1) is 20.2 Å². The molecule has 0 fully saturated rings. The number of aromatic hydroxyl groups is 4. The van der Waals surface area contributed by atoms with Crippen LogP contribution in [0.25, 0.3) is 21.5 Å². The summed E-state index contributed by atoms with van der Waals surface area (Å²) in [5, 5.41) is 83.2. The van der Waals surface area contributed by atoms with E-state index in [9.17, 15) is 40.7 Å². The van der Waals surface area contributed by atoms with Gasteiger partial charge in [0, 0.05) is 39.7 Å². The van der Waals surface area contributed by atoms with Crippen molar-refractivity contribution in [2.75, 3.05) is 0 Å². The Labute approximate surface area is 338 Å².